The van der Waals surface area contributed by atoms with Crippen molar-refractivity contribution in [3.05, 3.63) is 0 Å². The molecule has 2 aliphatic rings. The van der Waals surface area contributed by atoms with Crippen molar-refractivity contribution in [3.63, 3.8) is 0 Å². The zero-order chi connectivity index (χ0) is 17.6. The third kappa shape index (κ3) is 5.70. The molecule has 0 spiro atoms. The predicted molar refractivity (Wildman–Crippen MR) is 93.9 cm³/mol. The molecule has 2 rings (SSSR count). The maximum absolute atomic E-state index is 12.7. The first-order valence-electron chi connectivity index (χ1n) is 9.35. The standard InChI is InChI=1S/C17H32N2O4S/c1-2-23-17(20)16(12-13-8-10-14(18)11-9-13)19-24(21,22)15-6-4-3-5-7-15/h13-16,19H,2-12,18H2,1H3. The first-order chi connectivity index (χ1) is 11.4. The summed E-state index contributed by atoms with van der Waals surface area (Å²) in [5.74, 6) is -0.125. The van der Waals surface area contributed by atoms with Crippen molar-refractivity contribution >= 4 is 16.0 Å². The molecule has 2 aliphatic carbocycles. The molecule has 24 heavy (non-hydrogen) atoms. The van der Waals surface area contributed by atoms with E-state index >= 15 is 0 Å². The number of nitrogens with one attached hydrogen (secondary N) is 1. The van der Waals surface area contributed by atoms with E-state index in [1.54, 1.807) is 6.92 Å². The van der Waals surface area contributed by atoms with Gasteiger partial charge in [-0.15, -0.1) is 0 Å². The molecule has 0 bridgehead atoms. The Labute approximate surface area is 145 Å². The maximum Gasteiger partial charge on any atom is 0.324 e. The van der Waals surface area contributed by atoms with E-state index in [1.165, 1.54) is 0 Å². The second kappa shape index (κ2) is 9.15. The number of hydrogen-bond acceptors (Lipinski definition) is 5. The van der Waals surface area contributed by atoms with Crippen LogP contribution >= 0.6 is 0 Å². The summed E-state index contributed by atoms with van der Waals surface area (Å²) in [6.45, 7) is 2.00. The number of carbonyl (C=O) groups is 1. The molecule has 0 heterocycles. The highest BCUT2D eigenvalue weighted by Gasteiger charge is 2.34. The molecule has 140 valence electrons. The fourth-order valence-electron chi connectivity index (χ4n) is 3.86. The van der Waals surface area contributed by atoms with E-state index in [9.17, 15) is 13.2 Å². The Kier molecular flexibility index (Phi) is 7.50. The van der Waals surface area contributed by atoms with Crippen LogP contribution < -0.4 is 10.5 Å². The summed E-state index contributed by atoms with van der Waals surface area (Å²) >= 11 is 0. The maximum atomic E-state index is 12.7. The van der Waals surface area contributed by atoms with Crippen LogP contribution in [0.1, 0.15) is 71.1 Å². The number of carbonyl (C=O) groups excluding carboxylic acids is 1. The number of hydrogen-bond donors (Lipinski definition) is 2. The van der Waals surface area contributed by atoms with Crippen LogP contribution in [0.15, 0.2) is 0 Å². The molecule has 0 aromatic carbocycles. The largest absolute Gasteiger partial charge is 0.465 e. The van der Waals surface area contributed by atoms with Gasteiger partial charge >= 0.3 is 5.97 Å². The number of ether oxygens (including phenoxy) is 1. The van der Waals surface area contributed by atoms with Crippen molar-refractivity contribution in [2.75, 3.05) is 6.61 Å². The van der Waals surface area contributed by atoms with Crippen molar-refractivity contribution < 1.29 is 17.9 Å². The molecule has 1 unspecified atom stereocenters. The number of esters is 1. The Hall–Kier alpha value is -0.660. The second-order valence-corrected chi connectivity index (χ2v) is 9.24. The van der Waals surface area contributed by atoms with Crippen LogP contribution in [-0.2, 0) is 19.6 Å². The minimum atomic E-state index is -3.48. The molecular weight excluding hydrogens is 328 g/mol. The molecule has 2 saturated carbocycles. The Morgan fingerprint density at radius 1 is 1.12 bits per heavy atom. The van der Waals surface area contributed by atoms with Gasteiger partial charge in [-0.3, -0.25) is 4.79 Å². The van der Waals surface area contributed by atoms with Gasteiger partial charge in [0.1, 0.15) is 6.04 Å². The van der Waals surface area contributed by atoms with Crippen LogP contribution in [0.25, 0.3) is 0 Å². The number of sulfonamides is 1. The highest BCUT2D eigenvalue weighted by atomic mass is 32.2. The Bertz CT molecular complexity index is 495. The van der Waals surface area contributed by atoms with Gasteiger partial charge in [0.2, 0.25) is 10.0 Å². The minimum absolute atomic E-state index is 0.237. The van der Waals surface area contributed by atoms with E-state index in [0.29, 0.717) is 25.2 Å². The lowest BCUT2D eigenvalue weighted by Gasteiger charge is -2.30. The van der Waals surface area contributed by atoms with Crippen molar-refractivity contribution in [3.8, 4) is 0 Å². The van der Waals surface area contributed by atoms with Crippen molar-refractivity contribution in [1.29, 1.82) is 0 Å². The smallest absolute Gasteiger partial charge is 0.324 e. The van der Waals surface area contributed by atoms with Gasteiger partial charge in [-0.2, -0.15) is 0 Å². The number of nitrogens with two attached hydrogens (primary N) is 1. The van der Waals surface area contributed by atoms with Crippen molar-refractivity contribution in [2.45, 2.75) is 88.5 Å². The summed E-state index contributed by atoms with van der Waals surface area (Å²) in [5.41, 5.74) is 5.93. The third-order valence-electron chi connectivity index (χ3n) is 5.33. The predicted octanol–water partition coefficient (Wildman–Crippen LogP) is 2.08. The minimum Gasteiger partial charge on any atom is -0.465 e. The van der Waals surface area contributed by atoms with Crippen LogP contribution in [0.3, 0.4) is 0 Å². The van der Waals surface area contributed by atoms with Crippen LogP contribution in [-0.4, -0.2) is 38.3 Å². The van der Waals surface area contributed by atoms with E-state index in [-0.39, 0.29) is 17.9 Å². The third-order valence-corrected chi connectivity index (χ3v) is 7.29. The number of rotatable bonds is 7. The van der Waals surface area contributed by atoms with Gasteiger partial charge in [0.25, 0.3) is 0 Å². The zero-order valence-electron chi connectivity index (χ0n) is 14.7. The van der Waals surface area contributed by atoms with Gasteiger partial charge in [-0.1, -0.05) is 19.3 Å². The van der Waals surface area contributed by atoms with Gasteiger partial charge in [-0.25, -0.2) is 13.1 Å². The first-order valence-corrected chi connectivity index (χ1v) is 10.9. The van der Waals surface area contributed by atoms with E-state index in [2.05, 4.69) is 4.72 Å². The summed E-state index contributed by atoms with van der Waals surface area (Å²) in [4.78, 5) is 12.3. The van der Waals surface area contributed by atoms with Crippen LogP contribution in [0.2, 0.25) is 0 Å². The van der Waals surface area contributed by atoms with Gasteiger partial charge in [0.05, 0.1) is 11.9 Å². The Balaban J connectivity index is 2.00. The molecule has 0 aromatic rings. The lowest BCUT2D eigenvalue weighted by Crippen LogP contribution is -2.47. The van der Waals surface area contributed by atoms with Gasteiger partial charge in [-0.05, 0) is 57.8 Å². The molecule has 0 saturated heterocycles. The van der Waals surface area contributed by atoms with Crippen LogP contribution in [0.4, 0.5) is 0 Å². The Morgan fingerprint density at radius 3 is 2.33 bits per heavy atom. The van der Waals surface area contributed by atoms with Crippen molar-refractivity contribution in [2.24, 2.45) is 11.7 Å². The molecule has 0 aliphatic heterocycles. The Morgan fingerprint density at radius 2 is 1.75 bits per heavy atom. The fraction of sp³-hybridized carbons (Fsp3) is 0.941. The molecule has 0 aromatic heterocycles. The van der Waals surface area contributed by atoms with Gasteiger partial charge in [0.15, 0.2) is 0 Å². The topological polar surface area (TPSA) is 98.5 Å². The molecule has 0 amide bonds. The molecule has 1 atom stereocenters. The highest BCUT2D eigenvalue weighted by Crippen LogP contribution is 2.28. The van der Waals surface area contributed by atoms with Crippen LogP contribution in [0.5, 0.6) is 0 Å². The van der Waals surface area contributed by atoms with Gasteiger partial charge < -0.3 is 10.5 Å². The average Bonchev–Trinajstić information content (AvgIpc) is 2.57. The monoisotopic (exact) mass is 360 g/mol. The summed E-state index contributed by atoms with van der Waals surface area (Å²) < 4.78 is 33.1. The normalized spacial score (nSPS) is 27.6. The molecule has 7 heteroatoms. The first kappa shape index (κ1) is 19.7. The average molecular weight is 361 g/mol. The molecule has 3 N–H and O–H groups in total. The molecule has 2 fully saturated rings. The van der Waals surface area contributed by atoms with Crippen LogP contribution in [0, 0.1) is 5.92 Å². The van der Waals surface area contributed by atoms with E-state index in [4.69, 9.17) is 10.5 Å². The van der Waals surface area contributed by atoms with Gasteiger partial charge in [0, 0.05) is 6.04 Å². The van der Waals surface area contributed by atoms with Crippen molar-refractivity contribution in [1.82, 2.24) is 4.72 Å². The molecule has 0 radical (unpaired) electrons. The SMILES string of the molecule is CCOC(=O)C(CC1CCC(N)CC1)NS(=O)(=O)C1CCCCC1. The second-order valence-electron chi connectivity index (χ2n) is 7.24. The van der Waals surface area contributed by atoms with E-state index in [1.807, 2.05) is 0 Å². The molecule has 6 nitrogen and oxygen atoms in total. The highest BCUT2D eigenvalue weighted by molar-refractivity contribution is 7.90. The summed E-state index contributed by atoms with van der Waals surface area (Å²) in [5, 5.41) is -0.372. The lowest BCUT2D eigenvalue weighted by atomic mass is 9.83. The van der Waals surface area contributed by atoms with E-state index in [0.717, 1.165) is 44.9 Å². The lowest BCUT2D eigenvalue weighted by molar-refractivity contribution is -0.145. The zero-order valence-corrected chi connectivity index (χ0v) is 15.5. The molecular formula is C17H32N2O4S. The summed E-state index contributed by atoms with van der Waals surface area (Å²) in [7, 11) is -3.48. The summed E-state index contributed by atoms with van der Waals surface area (Å²) in [6.07, 6.45) is 8.63. The summed E-state index contributed by atoms with van der Waals surface area (Å²) in [6, 6.07) is -0.530. The quantitative estimate of drug-likeness (QED) is 0.677. The fourth-order valence-corrected chi connectivity index (χ4v) is 5.60. The van der Waals surface area contributed by atoms with E-state index < -0.39 is 22.0 Å².